The average Bonchev–Trinajstić information content (AvgIpc) is 3.04. The van der Waals surface area contributed by atoms with Gasteiger partial charge in [0.05, 0.1) is 18.2 Å². The molecule has 0 radical (unpaired) electrons. The maximum Gasteiger partial charge on any atom is 0.416 e. The summed E-state index contributed by atoms with van der Waals surface area (Å²) in [6.07, 6.45) is -4.53. The fourth-order valence-electron chi connectivity index (χ4n) is 4.51. The molecule has 2 heterocycles. The van der Waals surface area contributed by atoms with E-state index in [-0.39, 0.29) is 23.4 Å². The second kappa shape index (κ2) is 9.42. The van der Waals surface area contributed by atoms with E-state index in [0.717, 1.165) is 12.1 Å². The van der Waals surface area contributed by atoms with Gasteiger partial charge in [0, 0.05) is 31.2 Å². The van der Waals surface area contributed by atoms with Crippen molar-refractivity contribution in [1.82, 2.24) is 9.80 Å². The first-order valence-corrected chi connectivity index (χ1v) is 11.6. The van der Waals surface area contributed by atoms with E-state index in [0.29, 0.717) is 48.1 Å². The van der Waals surface area contributed by atoms with Crippen LogP contribution in [0.2, 0.25) is 0 Å². The first-order chi connectivity index (χ1) is 17.6. The van der Waals surface area contributed by atoms with Gasteiger partial charge < -0.3 is 19.3 Å². The molecule has 37 heavy (non-hydrogen) atoms. The van der Waals surface area contributed by atoms with Gasteiger partial charge in [-0.3, -0.25) is 4.79 Å². The lowest BCUT2D eigenvalue weighted by Crippen LogP contribution is -2.55. The van der Waals surface area contributed by atoms with Crippen LogP contribution in [0.15, 0.2) is 65.7 Å². The third-order valence-corrected chi connectivity index (χ3v) is 6.44. The van der Waals surface area contributed by atoms with Gasteiger partial charge in [-0.15, -0.1) is 0 Å². The molecule has 1 atom stereocenters. The number of carbonyl (C=O) groups excluding carboxylic acids is 1. The van der Waals surface area contributed by atoms with E-state index in [1.165, 1.54) is 37.4 Å². The second-order valence-electron chi connectivity index (χ2n) is 8.88. The smallest absolute Gasteiger partial charge is 0.416 e. The Morgan fingerprint density at radius 3 is 2.43 bits per heavy atom. The molecule has 0 unspecified atom stereocenters. The van der Waals surface area contributed by atoms with Gasteiger partial charge in [-0.1, -0.05) is 0 Å². The zero-order valence-electron chi connectivity index (χ0n) is 20.1. The standard InChI is InChI=1S/C27H23F4N3O3/c1-16-15-33(11-12-34(16)26(35)17-3-6-19(28)7-4-17)25-21-14-20(36-2)8-10-23(21)37-24-9-5-18(27(29,30)31)13-22(24)32-25/h3-10,13-14,16H,11-12,15H2,1-2H3/t16-/m1/s1. The molecule has 0 aliphatic carbocycles. The van der Waals surface area contributed by atoms with Gasteiger partial charge in [0.25, 0.3) is 5.91 Å². The van der Waals surface area contributed by atoms with Gasteiger partial charge in [0.15, 0.2) is 5.75 Å². The highest BCUT2D eigenvalue weighted by molar-refractivity contribution is 6.04. The number of piperazine rings is 1. The van der Waals surface area contributed by atoms with E-state index in [9.17, 15) is 22.4 Å². The SMILES string of the molecule is COc1ccc2c(c1)C(N1CCN(C(=O)c3ccc(F)cc3)[C@H](C)C1)=Nc1cc(C(F)(F)F)ccc1O2. The molecular weight excluding hydrogens is 490 g/mol. The topological polar surface area (TPSA) is 54.4 Å². The molecule has 192 valence electrons. The summed E-state index contributed by atoms with van der Waals surface area (Å²) in [5.41, 5.74) is 0.169. The summed E-state index contributed by atoms with van der Waals surface area (Å²) in [6.45, 7) is 2.97. The largest absolute Gasteiger partial charge is 0.497 e. The monoisotopic (exact) mass is 513 g/mol. The zero-order chi connectivity index (χ0) is 26.3. The summed E-state index contributed by atoms with van der Waals surface area (Å²) < 4.78 is 64.9. The molecule has 2 aliphatic rings. The van der Waals surface area contributed by atoms with Crippen molar-refractivity contribution < 1.29 is 31.8 Å². The number of rotatable bonds is 2. The van der Waals surface area contributed by atoms with Crippen molar-refractivity contribution in [2.45, 2.75) is 19.1 Å². The average molecular weight is 513 g/mol. The molecule has 10 heteroatoms. The van der Waals surface area contributed by atoms with Crippen LogP contribution in [0.25, 0.3) is 0 Å². The Labute approximate surface area is 210 Å². The minimum absolute atomic E-state index is 0.0532. The van der Waals surface area contributed by atoms with Gasteiger partial charge in [0.1, 0.15) is 28.8 Å². The first kappa shape index (κ1) is 24.6. The number of fused-ring (bicyclic) bond motifs is 2. The predicted molar refractivity (Wildman–Crippen MR) is 129 cm³/mol. The molecule has 6 nitrogen and oxygen atoms in total. The molecule has 0 spiro atoms. The van der Waals surface area contributed by atoms with Crippen LogP contribution < -0.4 is 9.47 Å². The Morgan fingerprint density at radius 1 is 1.03 bits per heavy atom. The highest BCUT2D eigenvalue weighted by atomic mass is 19.4. The van der Waals surface area contributed by atoms with Crippen molar-refractivity contribution >= 4 is 17.4 Å². The Hall–Kier alpha value is -4.08. The normalized spacial score (nSPS) is 17.2. The van der Waals surface area contributed by atoms with Crippen molar-refractivity contribution in [3.63, 3.8) is 0 Å². The lowest BCUT2D eigenvalue weighted by molar-refractivity contribution is -0.137. The van der Waals surface area contributed by atoms with Crippen LogP contribution in [0.3, 0.4) is 0 Å². The summed E-state index contributed by atoms with van der Waals surface area (Å²) in [5, 5.41) is 0. The molecule has 1 saturated heterocycles. The number of ether oxygens (including phenoxy) is 2. The Morgan fingerprint density at radius 2 is 1.76 bits per heavy atom. The maximum absolute atomic E-state index is 13.4. The van der Waals surface area contributed by atoms with Crippen molar-refractivity contribution in [2.75, 3.05) is 26.7 Å². The van der Waals surface area contributed by atoms with Crippen LogP contribution in [-0.2, 0) is 6.18 Å². The van der Waals surface area contributed by atoms with Crippen LogP contribution in [0, 0.1) is 5.82 Å². The molecule has 0 aromatic heterocycles. The summed E-state index contributed by atoms with van der Waals surface area (Å²) in [4.78, 5) is 21.3. The van der Waals surface area contributed by atoms with E-state index >= 15 is 0 Å². The van der Waals surface area contributed by atoms with Crippen molar-refractivity contribution in [1.29, 1.82) is 0 Å². The van der Waals surface area contributed by atoms with E-state index in [2.05, 4.69) is 4.99 Å². The molecule has 5 rings (SSSR count). The molecule has 0 N–H and O–H groups in total. The fraction of sp³-hybridized carbons (Fsp3) is 0.259. The summed E-state index contributed by atoms with van der Waals surface area (Å²) in [5.74, 6) is 0.942. The number of amides is 1. The van der Waals surface area contributed by atoms with Crippen LogP contribution in [0.5, 0.6) is 17.2 Å². The molecule has 0 saturated carbocycles. The van der Waals surface area contributed by atoms with Crippen LogP contribution in [-0.4, -0.2) is 54.3 Å². The fourth-order valence-corrected chi connectivity index (χ4v) is 4.51. The highest BCUT2D eigenvalue weighted by Gasteiger charge is 2.34. The number of benzene rings is 3. The number of nitrogens with zero attached hydrogens (tertiary/aromatic N) is 3. The molecule has 2 aliphatic heterocycles. The lowest BCUT2D eigenvalue weighted by atomic mass is 10.1. The van der Waals surface area contributed by atoms with E-state index in [4.69, 9.17) is 9.47 Å². The quantitative estimate of drug-likeness (QED) is 0.402. The number of methoxy groups -OCH3 is 1. The third kappa shape index (κ3) is 4.83. The van der Waals surface area contributed by atoms with E-state index < -0.39 is 17.6 Å². The number of halogens is 4. The number of hydrogen-bond acceptors (Lipinski definition) is 5. The lowest BCUT2D eigenvalue weighted by Gasteiger charge is -2.41. The number of alkyl halides is 3. The first-order valence-electron chi connectivity index (χ1n) is 11.6. The minimum atomic E-state index is -4.53. The number of hydrogen-bond donors (Lipinski definition) is 0. The molecular formula is C27H23F4N3O3. The van der Waals surface area contributed by atoms with Crippen molar-refractivity contribution in [3.8, 4) is 17.2 Å². The minimum Gasteiger partial charge on any atom is -0.497 e. The van der Waals surface area contributed by atoms with Crippen molar-refractivity contribution in [3.05, 3.63) is 83.2 Å². The molecule has 0 bridgehead atoms. The molecule has 3 aromatic rings. The predicted octanol–water partition coefficient (Wildman–Crippen LogP) is 5.88. The van der Waals surface area contributed by atoms with Gasteiger partial charge in [0.2, 0.25) is 0 Å². The van der Waals surface area contributed by atoms with Crippen LogP contribution in [0.1, 0.15) is 28.4 Å². The molecule has 3 aromatic carbocycles. The Kier molecular flexibility index (Phi) is 6.26. The number of amidine groups is 1. The van der Waals surface area contributed by atoms with Gasteiger partial charge in [-0.05, 0) is 67.6 Å². The van der Waals surface area contributed by atoms with E-state index in [1.54, 1.807) is 23.1 Å². The van der Waals surface area contributed by atoms with Crippen molar-refractivity contribution in [2.24, 2.45) is 4.99 Å². The van der Waals surface area contributed by atoms with E-state index in [1.807, 2.05) is 11.8 Å². The Bertz CT molecular complexity index is 1370. The zero-order valence-corrected chi connectivity index (χ0v) is 20.1. The number of aliphatic imine (C=N–C) groups is 1. The number of carbonyl (C=O) groups is 1. The summed E-state index contributed by atoms with van der Waals surface area (Å²) in [6, 6.07) is 13.4. The summed E-state index contributed by atoms with van der Waals surface area (Å²) in [7, 11) is 1.52. The second-order valence-corrected chi connectivity index (χ2v) is 8.88. The third-order valence-electron chi connectivity index (χ3n) is 6.44. The van der Waals surface area contributed by atoms with Gasteiger partial charge >= 0.3 is 6.18 Å². The summed E-state index contributed by atoms with van der Waals surface area (Å²) >= 11 is 0. The van der Waals surface area contributed by atoms with Gasteiger partial charge in [-0.2, -0.15) is 13.2 Å². The molecule has 1 fully saturated rings. The van der Waals surface area contributed by atoms with Gasteiger partial charge in [-0.25, -0.2) is 9.38 Å². The maximum atomic E-state index is 13.4. The van der Waals surface area contributed by atoms with Crippen LogP contribution >= 0.6 is 0 Å². The Balaban J connectivity index is 1.50. The molecule has 1 amide bonds. The highest BCUT2D eigenvalue weighted by Crippen LogP contribution is 2.42. The van der Waals surface area contributed by atoms with Crippen LogP contribution in [0.4, 0.5) is 23.2 Å².